The molecular formula is C20H27N3O5S2. The number of carbonyl (C=O) groups is 3. The normalized spacial score (nSPS) is 27.6. The Kier molecular flexibility index (Phi) is 5.42. The van der Waals surface area contributed by atoms with Crippen molar-refractivity contribution < 1.29 is 22.8 Å². The SMILES string of the molecule is CC(C)CN(C(=O)CN1C(=O)NC2(CCCc3sccc32)C1=O)C1CCS(=O)(=O)C1. The van der Waals surface area contributed by atoms with Gasteiger partial charge in [0.2, 0.25) is 5.91 Å². The van der Waals surface area contributed by atoms with Gasteiger partial charge in [0.05, 0.1) is 11.5 Å². The second-order valence-electron chi connectivity index (χ2n) is 8.83. The van der Waals surface area contributed by atoms with E-state index in [-0.39, 0.29) is 35.8 Å². The molecule has 2 unspecified atom stereocenters. The Morgan fingerprint density at radius 2 is 2.17 bits per heavy atom. The number of fused-ring (bicyclic) bond motifs is 2. The molecule has 0 aromatic carbocycles. The van der Waals surface area contributed by atoms with Crippen LogP contribution in [0.1, 0.15) is 43.6 Å². The Balaban J connectivity index is 1.55. The average Bonchev–Trinajstić information content (AvgIpc) is 3.34. The monoisotopic (exact) mass is 453 g/mol. The average molecular weight is 454 g/mol. The summed E-state index contributed by atoms with van der Waals surface area (Å²) in [6, 6.07) is 0.922. The van der Waals surface area contributed by atoms with Gasteiger partial charge in [-0.25, -0.2) is 13.2 Å². The molecule has 1 aromatic heterocycles. The maximum Gasteiger partial charge on any atom is 0.325 e. The van der Waals surface area contributed by atoms with Crippen LogP contribution in [-0.2, 0) is 31.4 Å². The molecule has 2 atom stereocenters. The van der Waals surface area contributed by atoms with Crippen molar-refractivity contribution in [2.24, 2.45) is 5.92 Å². The van der Waals surface area contributed by atoms with E-state index in [1.54, 1.807) is 16.2 Å². The molecule has 3 aliphatic rings. The van der Waals surface area contributed by atoms with Crippen LogP contribution in [0.4, 0.5) is 4.79 Å². The molecule has 4 rings (SSSR count). The van der Waals surface area contributed by atoms with Gasteiger partial charge in [-0.15, -0.1) is 11.3 Å². The number of nitrogens with one attached hydrogen (secondary N) is 1. The first-order valence-corrected chi connectivity index (χ1v) is 13.0. The highest BCUT2D eigenvalue weighted by Gasteiger charge is 2.55. The quantitative estimate of drug-likeness (QED) is 0.681. The van der Waals surface area contributed by atoms with Crippen LogP contribution in [0.15, 0.2) is 11.4 Å². The summed E-state index contributed by atoms with van der Waals surface area (Å²) in [4.78, 5) is 42.9. The van der Waals surface area contributed by atoms with Crippen LogP contribution in [0.2, 0.25) is 0 Å². The van der Waals surface area contributed by atoms with Crippen molar-refractivity contribution in [1.29, 1.82) is 0 Å². The lowest BCUT2D eigenvalue weighted by Gasteiger charge is -2.32. The zero-order chi connectivity index (χ0) is 21.7. The van der Waals surface area contributed by atoms with Crippen molar-refractivity contribution in [1.82, 2.24) is 15.1 Å². The zero-order valence-corrected chi connectivity index (χ0v) is 18.9. The van der Waals surface area contributed by atoms with Crippen molar-refractivity contribution in [3.63, 3.8) is 0 Å². The fraction of sp³-hybridized carbons (Fsp3) is 0.650. The number of thiophene rings is 1. The molecule has 30 heavy (non-hydrogen) atoms. The Hall–Kier alpha value is -1.94. The van der Waals surface area contributed by atoms with Gasteiger partial charge in [0.1, 0.15) is 12.1 Å². The second-order valence-corrected chi connectivity index (χ2v) is 12.1. The summed E-state index contributed by atoms with van der Waals surface area (Å²) < 4.78 is 23.9. The number of carbonyl (C=O) groups excluding carboxylic acids is 3. The third kappa shape index (κ3) is 3.64. The van der Waals surface area contributed by atoms with Crippen molar-refractivity contribution in [2.45, 2.75) is 51.1 Å². The largest absolute Gasteiger partial charge is 0.337 e. The maximum atomic E-state index is 13.3. The van der Waals surface area contributed by atoms with Gasteiger partial charge in [0.15, 0.2) is 9.84 Å². The molecule has 4 amide bonds. The van der Waals surface area contributed by atoms with E-state index in [1.807, 2.05) is 25.3 Å². The Morgan fingerprint density at radius 3 is 2.83 bits per heavy atom. The maximum absolute atomic E-state index is 13.3. The van der Waals surface area contributed by atoms with Gasteiger partial charge in [0.25, 0.3) is 5.91 Å². The highest BCUT2D eigenvalue weighted by Crippen LogP contribution is 2.42. The van der Waals surface area contributed by atoms with E-state index in [1.165, 1.54) is 0 Å². The minimum absolute atomic E-state index is 0.0617. The molecule has 0 bridgehead atoms. The summed E-state index contributed by atoms with van der Waals surface area (Å²) in [6.45, 7) is 3.93. The van der Waals surface area contributed by atoms with Gasteiger partial charge in [-0.1, -0.05) is 13.8 Å². The van der Waals surface area contributed by atoms with E-state index in [2.05, 4.69) is 5.32 Å². The molecule has 164 valence electrons. The zero-order valence-electron chi connectivity index (χ0n) is 17.2. The first-order chi connectivity index (χ1) is 14.1. The summed E-state index contributed by atoms with van der Waals surface area (Å²) in [7, 11) is -3.16. The van der Waals surface area contributed by atoms with Gasteiger partial charge in [0, 0.05) is 23.0 Å². The van der Waals surface area contributed by atoms with E-state index in [0.29, 0.717) is 19.4 Å². The summed E-state index contributed by atoms with van der Waals surface area (Å²) in [5.41, 5.74) is -0.238. The molecule has 2 fully saturated rings. The number of sulfone groups is 1. The summed E-state index contributed by atoms with van der Waals surface area (Å²) in [5, 5.41) is 4.78. The number of hydrogen-bond acceptors (Lipinski definition) is 6. The lowest BCUT2D eigenvalue weighted by Crippen LogP contribution is -2.50. The number of imide groups is 1. The number of hydrogen-bond donors (Lipinski definition) is 1. The summed E-state index contributed by atoms with van der Waals surface area (Å²) >= 11 is 1.58. The molecular weight excluding hydrogens is 426 g/mol. The van der Waals surface area contributed by atoms with Gasteiger partial charge < -0.3 is 10.2 Å². The van der Waals surface area contributed by atoms with Crippen molar-refractivity contribution in [3.05, 3.63) is 21.9 Å². The van der Waals surface area contributed by atoms with Crippen LogP contribution in [0.25, 0.3) is 0 Å². The summed E-state index contributed by atoms with van der Waals surface area (Å²) in [6.07, 6.45) is 2.58. The van der Waals surface area contributed by atoms with Crippen LogP contribution in [0.3, 0.4) is 0 Å². The van der Waals surface area contributed by atoms with Gasteiger partial charge >= 0.3 is 6.03 Å². The molecule has 8 nitrogen and oxygen atoms in total. The highest BCUT2D eigenvalue weighted by molar-refractivity contribution is 7.91. The molecule has 3 heterocycles. The van der Waals surface area contributed by atoms with E-state index >= 15 is 0 Å². The highest BCUT2D eigenvalue weighted by atomic mass is 32.2. The molecule has 10 heteroatoms. The van der Waals surface area contributed by atoms with Gasteiger partial charge in [-0.05, 0) is 43.0 Å². The lowest BCUT2D eigenvalue weighted by atomic mass is 9.80. The molecule has 1 aromatic rings. The predicted octanol–water partition coefficient (Wildman–Crippen LogP) is 1.50. The number of rotatable bonds is 5. The molecule has 0 saturated carbocycles. The molecule has 1 spiro atoms. The van der Waals surface area contributed by atoms with E-state index in [4.69, 9.17) is 0 Å². The third-order valence-electron chi connectivity index (χ3n) is 6.16. The minimum atomic E-state index is -3.16. The van der Waals surface area contributed by atoms with Gasteiger partial charge in [-0.2, -0.15) is 0 Å². The fourth-order valence-corrected chi connectivity index (χ4v) is 7.51. The molecule has 0 radical (unpaired) electrons. The van der Waals surface area contributed by atoms with Crippen LogP contribution in [-0.4, -0.2) is 66.7 Å². The summed E-state index contributed by atoms with van der Waals surface area (Å²) in [5.74, 6) is -0.629. The number of amides is 4. The standard InChI is InChI=1S/C20H27N3O5S2/c1-13(2)10-22(14-6-9-30(27,28)12-14)17(24)11-23-18(25)20(21-19(23)26)7-3-4-16-15(20)5-8-29-16/h5,8,13-14H,3-4,6-7,9-12H2,1-2H3,(H,21,26). The van der Waals surface area contributed by atoms with Crippen LogP contribution < -0.4 is 5.32 Å². The smallest absolute Gasteiger partial charge is 0.325 e. The van der Waals surface area contributed by atoms with Crippen LogP contribution >= 0.6 is 11.3 Å². The molecule has 1 N–H and O–H groups in total. The number of urea groups is 1. The Labute approximate surface area is 180 Å². The first-order valence-electron chi connectivity index (χ1n) is 10.3. The molecule has 1 aliphatic carbocycles. The molecule has 2 saturated heterocycles. The predicted molar refractivity (Wildman–Crippen MR) is 113 cm³/mol. The topological polar surface area (TPSA) is 104 Å². The minimum Gasteiger partial charge on any atom is -0.337 e. The Bertz CT molecular complexity index is 986. The van der Waals surface area contributed by atoms with E-state index in [0.717, 1.165) is 28.2 Å². The van der Waals surface area contributed by atoms with Crippen molar-refractivity contribution in [2.75, 3.05) is 24.6 Å². The third-order valence-corrected chi connectivity index (χ3v) is 8.89. The molecule has 2 aliphatic heterocycles. The first kappa shape index (κ1) is 21.3. The number of nitrogens with zero attached hydrogens (tertiary/aromatic N) is 2. The van der Waals surface area contributed by atoms with E-state index in [9.17, 15) is 22.8 Å². The van der Waals surface area contributed by atoms with Crippen molar-refractivity contribution >= 4 is 39.0 Å². The Morgan fingerprint density at radius 1 is 1.40 bits per heavy atom. The van der Waals surface area contributed by atoms with Crippen molar-refractivity contribution in [3.8, 4) is 0 Å². The van der Waals surface area contributed by atoms with E-state index < -0.39 is 27.4 Å². The van der Waals surface area contributed by atoms with Crippen LogP contribution in [0.5, 0.6) is 0 Å². The lowest BCUT2D eigenvalue weighted by molar-refractivity contribution is -0.140. The van der Waals surface area contributed by atoms with Gasteiger partial charge in [-0.3, -0.25) is 14.5 Å². The van der Waals surface area contributed by atoms with Crippen LogP contribution in [0, 0.1) is 5.92 Å². The second kappa shape index (κ2) is 7.64. The fourth-order valence-electron chi connectivity index (χ4n) is 4.78. The number of aryl methyl sites for hydroxylation is 1.